The van der Waals surface area contributed by atoms with Gasteiger partial charge in [-0.2, -0.15) is 0 Å². The van der Waals surface area contributed by atoms with Crippen molar-refractivity contribution in [3.8, 4) is 0 Å². The van der Waals surface area contributed by atoms with E-state index in [2.05, 4.69) is 16.0 Å². The zero-order valence-electron chi connectivity index (χ0n) is 17.4. The Morgan fingerprint density at radius 2 is 1.74 bits per heavy atom. The van der Waals surface area contributed by atoms with Crippen LogP contribution in [0.15, 0.2) is 63.9 Å². The SMILES string of the molecule is O=C(Cc1c[nH]c2ccccc12)N1CCN(CCCn2c(=O)oc3ccccc32)CC1. The molecule has 31 heavy (non-hydrogen) atoms. The Bertz CT molecular complexity index is 1260. The predicted octanol–water partition coefficient (Wildman–Crippen LogP) is 2.85. The second-order valence-electron chi connectivity index (χ2n) is 8.10. The number of H-pyrrole nitrogens is 1. The molecule has 0 aliphatic carbocycles. The van der Waals surface area contributed by atoms with Crippen LogP contribution in [0.1, 0.15) is 12.0 Å². The fourth-order valence-electron chi connectivity index (χ4n) is 4.45. The van der Waals surface area contributed by atoms with Gasteiger partial charge in [-0.3, -0.25) is 14.3 Å². The standard InChI is InChI=1S/C24H26N4O3/c29-23(16-18-17-25-20-7-2-1-6-19(18)20)27-14-12-26(13-15-27)10-5-11-28-21-8-3-4-9-22(21)31-24(28)30/h1-4,6-9,17,25H,5,10-16H2. The minimum Gasteiger partial charge on any atom is -0.408 e. The second-order valence-corrected chi connectivity index (χ2v) is 8.10. The lowest BCUT2D eigenvalue weighted by Gasteiger charge is -2.34. The van der Waals surface area contributed by atoms with Gasteiger partial charge in [-0.1, -0.05) is 30.3 Å². The lowest BCUT2D eigenvalue weighted by Crippen LogP contribution is -2.49. The number of fused-ring (bicyclic) bond motifs is 2. The van der Waals surface area contributed by atoms with Crippen LogP contribution >= 0.6 is 0 Å². The quantitative estimate of drug-likeness (QED) is 0.523. The molecule has 160 valence electrons. The van der Waals surface area contributed by atoms with Crippen molar-refractivity contribution in [1.82, 2.24) is 19.4 Å². The maximum Gasteiger partial charge on any atom is 0.419 e. The van der Waals surface area contributed by atoms with Gasteiger partial charge in [0.1, 0.15) is 0 Å². The number of nitrogens with zero attached hydrogens (tertiary/aromatic N) is 3. The third-order valence-corrected chi connectivity index (χ3v) is 6.17. The van der Waals surface area contributed by atoms with E-state index in [1.54, 1.807) is 4.57 Å². The topological polar surface area (TPSA) is 74.5 Å². The Morgan fingerprint density at radius 1 is 0.968 bits per heavy atom. The highest BCUT2D eigenvalue weighted by Gasteiger charge is 2.22. The van der Waals surface area contributed by atoms with E-state index >= 15 is 0 Å². The number of piperazine rings is 1. The Balaban J connectivity index is 1.11. The van der Waals surface area contributed by atoms with Crippen LogP contribution in [0.5, 0.6) is 0 Å². The van der Waals surface area contributed by atoms with Crippen LogP contribution in [-0.4, -0.2) is 58.0 Å². The number of aryl methyl sites for hydroxylation is 1. The molecule has 0 bridgehead atoms. The van der Waals surface area contributed by atoms with Crippen molar-refractivity contribution in [3.63, 3.8) is 0 Å². The third kappa shape index (κ3) is 4.01. The van der Waals surface area contributed by atoms with E-state index in [1.165, 1.54) is 0 Å². The molecule has 2 aromatic carbocycles. The van der Waals surface area contributed by atoms with Gasteiger partial charge >= 0.3 is 5.76 Å². The highest BCUT2D eigenvalue weighted by atomic mass is 16.4. The van der Waals surface area contributed by atoms with Gasteiger partial charge < -0.3 is 14.3 Å². The molecule has 5 rings (SSSR count). The molecule has 1 N–H and O–H groups in total. The monoisotopic (exact) mass is 418 g/mol. The number of carbonyl (C=O) groups is 1. The van der Waals surface area contributed by atoms with Gasteiger partial charge in [0, 0.05) is 49.8 Å². The number of nitrogens with one attached hydrogen (secondary N) is 1. The van der Waals surface area contributed by atoms with Crippen molar-refractivity contribution >= 4 is 27.9 Å². The van der Waals surface area contributed by atoms with E-state index in [1.807, 2.05) is 53.6 Å². The fourth-order valence-corrected chi connectivity index (χ4v) is 4.45. The van der Waals surface area contributed by atoms with Crippen LogP contribution in [0.25, 0.3) is 22.0 Å². The number of carbonyl (C=O) groups excluding carboxylic acids is 1. The average Bonchev–Trinajstić information content (AvgIpc) is 3.35. The molecule has 3 heterocycles. The summed E-state index contributed by atoms with van der Waals surface area (Å²) in [5, 5.41) is 1.12. The molecule has 1 aliphatic rings. The number of hydrogen-bond donors (Lipinski definition) is 1. The first kappa shape index (κ1) is 19.6. The first-order chi connectivity index (χ1) is 15.2. The smallest absolute Gasteiger partial charge is 0.408 e. The summed E-state index contributed by atoms with van der Waals surface area (Å²) in [5.74, 6) is -0.116. The second kappa shape index (κ2) is 8.43. The highest BCUT2D eigenvalue weighted by Crippen LogP contribution is 2.19. The van der Waals surface area contributed by atoms with E-state index in [4.69, 9.17) is 4.42 Å². The highest BCUT2D eigenvalue weighted by molar-refractivity contribution is 5.88. The summed E-state index contributed by atoms with van der Waals surface area (Å²) >= 11 is 0. The van der Waals surface area contributed by atoms with Gasteiger partial charge in [0.15, 0.2) is 5.58 Å². The Kier molecular flexibility index (Phi) is 5.34. The molecule has 0 atom stereocenters. The molecule has 1 saturated heterocycles. The van der Waals surface area contributed by atoms with Crippen molar-refractivity contribution in [3.05, 3.63) is 70.8 Å². The van der Waals surface area contributed by atoms with Crippen molar-refractivity contribution in [2.24, 2.45) is 0 Å². The first-order valence-electron chi connectivity index (χ1n) is 10.8. The van der Waals surface area contributed by atoms with Gasteiger partial charge in [0.25, 0.3) is 0 Å². The molecule has 4 aromatic rings. The molecule has 0 spiro atoms. The zero-order valence-corrected chi connectivity index (χ0v) is 17.4. The lowest BCUT2D eigenvalue weighted by atomic mass is 10.1. The molecular weight excluding hydrogens is 392 g/mol. The summed E-state index contributed by atoms with van der Waals surface area (Å²) in [5.41, 5.74) is 3.61. The molecule has 7 heteroatoms. The zero-order chi connectivity index (χ0) is 21.2. The largest absolute Gasteiger partial charge is 0.419 e. The number of para-hydroxylation sites is 3. The maximum atomic E-state index is 12.8. The minimum atomic E-state index is -0.297. The van der Waals surface area contributed by atoms with Crippen molar-refractivity contribution in [2.45, 2.75) is 19.4 Å². The molecule has 1 aliphatic heterocycles. The number of rotatable bonds is 6. The lowest BCUT2D eigenvalue weighted by molar-refractivity contribution is -0.132. The first-order valence-corrected chi connectivity index (χ1v) is 10.8. The molecule has 0 unspecified atom stereocenters. The number of benzene rings is 2. The molecule has 1 amide bonds. The summed E-state index contributed by atoms with van der Waals surface area (Å²) in [6.07, 6.45) is 3.24. The molecule has 1 fully saturated rings. The van der Waals surface area contributed by atoms with E-state index < -0.39 is 0 Å². The Morgan fingerprint density at radius 3 is 2.61 bits per heavy atom. The van der Waals surface area contributed by atoms with Gasteiger partial charge in [-0.15, -0.1) is 0 Å². The minimum absolute atomic E-state index is 0.181. The molecule has 2 aromatic heterocycles. The van der Waals surface area contributed by atoms with Gasteiger partial charge in [-0.05, 0) is 36.7 Å². The molecule has 0 saturated carbocycles. The summed E-state index contributed by atoms with van der Waals surface area (Å²) in [6, 6.07) is 15.6. The Hall–Kier alpha value is -3.32. The Labute approximate surface area is 179 Å². The number of hydrogen-bond acceptors (Lipinski definition) is 4. The normalized spacial score (nSPS) is 15.2. The van der Waals surface area contributed by atoms with E-state index in [0.717, 1.165) is 61.1 Å². The number of aromatic amines is 1. The van der Waals surface area contributed by atoms with Gasteiger partial charge in [0.2, 0.25) is 5.91 Å². The van der Waals surface area contributed by atoms with Gasteiger partial charge in [-0.25, -0.2) is 4.79 Å². The van der Waals surface area contributed by atoms with Crippen molar-refractivity contribution in [2.75, 3.05) is 32.7 Å². The van der Waals surface area contributed by atoms with Crippen LogP contribution in [0.4, 0.5) is 0 Å². The van der Waals surface area contributed by atoms with E-state index in [9.17, 15) is 9.59 Å². The van der Waals surface area contributed by atoms with Crippen molar-refractivity contribution < 1.29 is 9.21 Å². The third-order valence-electron chi connectivity index (χ3n) is 6.17. The predicted molar refractivity (Wildman–Crippen MR) is 120 cm³/mol. The summed E-state index contributed by atoms with van der Waals surface area (Å²) in [6.45, 7) is 4.75. The van der Waals surface area contributed by atoms with E-state index in [0.29, 0.717) is 18.5 Å². The maximum absolute atomic E-state index is 12.8. The van der Waals surface area contributed by atoms with Gasteiger partial charge in [0.05, 0.1) is 11.9 Å². The number of aromatic nitrogens is 2. The van der Waals surface area contributed by atoms with Crippen LogP contribution in [0, 0.1) is 0 Å². The average molecular weight is 418 g/mol. The van der Waals surface area contributed by atoms with Crippen LogP contribution in [-0.2, 0) is 17.8 Å². The van der Waals surface area contributed by atoms with Crippen LogP contribution in [0.2, 0.25) is 0 Å². The fraction of sp³-hybridized carbons (Fsp3) is 0.333. The van der Waals surface area contributed by atoms with Crippen LogP contribution in [0.3, 0.4) is 0 Å². The van der Waals surface area contributed by atoms with E-state index in [-0.39, 0.29) is 11.7 Å². The molecular formula is C24H26N4O3. The van der Waals surface area contributed by atoms with Crippen LogP contribution < -0.4 is 5.76 Å². The number of oxazole rings is 1. The summed E-state index contributed by atoms with van der Waals surface area (Å²) < 4.78 is 7.00. The number of amides is 1. The summed E-state index contributed by atoms with van der Waals surface area (Å²) in [4.78, 5) is 32.5. The summed E-state index contributed by atoms with van der Waals surface area (Å²) in [7, 11) is 0. The molecule has 0 radical (unpaired) electrons. The molecule has 7 nitrogen and oxygen atoms in total. The van der Waals surface area contributed by atoms with Crippen molar-refractivity contribution in [1.29, 1.82) is 0 Å².